The number of nitrogens with one attached hydrogen (secondary N) is 1. The zero-order valence-electron chi connectivity index (χ0n) is 8.78. The lowest BCUT2D eigenvalue weighted by Crippen LogP contribution is -2.21. The molecule has 0 bridgehead atoms. The van der Waals surface area contributed by atoms with Crippen LogP contribution in [0.4, 0.5) is 5.69 Å². The van der Waals surface area contributed by atoms with Gasteiger partial charge in [-0.1, -0.05) is 19.3 Å². The Morgan fingerprint density at radius 2 is 1.60 bits per heavy atom. The maximum atomic E-state index is 9.13. The lowest BCUT2D eigenvalue weighted by Gasteiger charge is -2.23. The van der Waals surface area contributed by atoms with E-state index in [0.717, 1.165) is 5.69 Å². The first kappa shape index (κ1) is 12.2. The zero-order valence-corrected chi connectivity index (χ0v) is 9.59. The second kappa shape index (κ2) is 5.86. The van der Waals surface area contributed by atoms with E-state index >= 15 is 0 Å². The van der Waals surface area contributed by atoms with Crippen LogP contribution in [0.15, 0.2) is 24.3 Å². The molecule has 0 heterocycles. The molecular weight excluding hydrogens is 210 g/mol. The molecule has 1 aromatic carbocycles. The molecule has 84 valence electrons. The summed E-state index contributed by atoms with van der Waals surface area (Å²) >= 11 is 0. The Morgan fingerprint density at radius 1 is 1.00 bits per heavy atom. The van der Waals surface area contributed by atoms with Crippen molar-refractivity contribution in [2.24, 2.45) is 0 Å². The smallest absolute Gasteiger partial charge is 0.115 e. The average molecular weight is 228 g/mol. The standard InChI is InChI=1S/C12H17NO.ClH/c14-12-8-6-11(7-9-12)13-10-4-2-1-3-5-10;/h6-10,13-14H,1-5H2;1H. The summed E-state index contributed by atoms with van der Waals surface area (Å²) < 4.78 is 0. The van der Waals surface area contributed by atoms with Gasteiger partial charge >= 0.3 is 0 Å². The molecule has 0 aliphatic heterocycles. The van der Waals surface area contributed by atoms with E-state index in [4.69, 9.17) is 5.11 Å². The van der Waals surface area contributed by atoms with Crippen LogP contribution in [0.3, 0.4) is 0 Å². The van der Waals surface area contributed by atoms with E-state index in [1.54, 1.807) is 12.1 Å². The van der Waals surface area contributed by atoms with Gasteiger partial charge in [-0.15, -0.1) is 12.4 Å². The van der Waals surface area contributed by atoms with E-state index in [1.807, 2.05) is 12.1 Å². The van der Waals surface area contributed by atoms with Crippen LogP contribution in [0, 0.1) is 0 Å². The lowest BCUT2D eigenvalue weighted by molar-refractivity contribution is 0.462. The number of hydrogen-bond acceptors (Lipinski definition) is 2. The summed E-state index contributed by atoms with van der Waals surface area (Å²) in [5.74, 6) is 0.333. The number of rotatable bonds is 2. The fourth-order valence-electron chi connectivity index (χ4n) is 2.04. The van der Waals surface area contributed by atoms with Crippen molar-refractivity contribution in [1.82, 2.24) is 0 Å². The van der Waals surface area contributed by atoms with Crippen LogP contribution in [0.2, 0.25) is 0 Å². The monoisotopic (exact) mass is 227 g/mol. The molecule has 0 saturated heterocycles. The highest BCUT2D eigenvalue weighted by Gasteiger charge is 2.12. The number of aromatic hydroxyl groups is 1. The third kappa shape index (κ3) is 3.63. The molecule has 1 saturated carbocycles. The molecule has 1 fully saturated rings. The number of phenols is 1. The Balaban J connectivity index is 0.00000112. The molecule has 3 heteroatoms. The summed E-state index contributed by atoms with van der Waals surface area (Å²) in [6.45, 7) is 0. The van der Waals surface area contributed by atoms with E-state index in [9.17, 15) is 0 Å². The number of phenolic OH excluding ortho intramolecular Hbond substituents is 1. The number of anilines is 1. The predicted molar refractivity (Wildman–Crippen MR) is 65.9 cm³/mol. The number of benzene rings is 1. The summed E-state index contributed by atoms with van der Waals surface area (Å²) in [7, 11) is 0. The molecule has 0 radical (unpaired) electrons. The van der Waals surface area contributed by atoms with Gasteiger partial charge in [-0.25, -0.2) is 0 Å². The van der Waals surface area contributed by atoms with Crippen LogP contribution >= 0.6 is 12.4 Å². The summed E-state index contributed by atoms with van der Waals surface area (Å²) in [4.78, 5) is 0. The minimum absolute atomic E-state index is 0. The van der Waals surface area contributed by atoms with Gasteiger partial charge in [0.25, 0.3) is 0 Å². The highest BCUT2D eigenvalue weighted by Crippen LogP contribution is 2.22. The van der Waals surface area contributed by atoms with E-state index < -0.39 is 0 Å². The molecule has 0 unspecified atom stereocenters. The van der Waals surface area contributed by atoms with Crippen molar-refractivity contribution in [3.63, 3.8) is 0 Å². The van der Waals surface area contributed by atoms with Gasteiger partial charge in [-0.2, -0.15) is 0 Å². The van der Waals surface area contributed by atoms with Crippen LogP contribution in [-0.4, -0.2) is 11.1 Å². The summed E-state index contributed by atoms with van der Waals surface area (Å²) in [5, 5.41) is 12.6. The molecule has 0 spiro atoms. The Bertz CT molecular complexity index is 280. The number of halogens is 1. The van der Waals surface area contributed by atoms with Crippen molar-refractivity contribution in [2.75, 3.05) is 5.32 Å². The topological polar surface area (TPSA) is 32.3 Å². The van der Waals surface area contributed by atoms with Crippen molar-refractivity contribution < 1.29 is 5.11 Å². The highest BCUT2D eigenvalue weighted by molar-refractivity contribution is 5.85. The quantitative estimate of drug-likeness (QED) is 0.758. The van der Waals surface area contributed by atoms with Crippen LogP contribution in [0.1, 0.15) is 32.1 Å². The fraction of sp³-hybridized carbons (Fsp3) is 0.500. The van der Waals surface area contributed by atoms with Crippen molar-refractivity contribution in [1.29, 1.82) is 0 Å². The molecule has 0 aromatic heterocycles. The molecule has 2 N–H and O–H groups in total. The molecule has 2 rings (SSSR count). The Morgan fingerprint density at radius 3 is 2.20 bits per heavy atom. The summed E-state index contributed by atoms with van der Waals surface area (Å²) in [6, 6.07) is 7.96. The van der Waals surface area contributed by atoms with E-state index in [1.165, 1.54) is 32.1 Å². The normalized spacial score (nSPS) is 16.8. The third-order valence-electron chi connectivity index (χ3n) is 2.84. The van der Waals surface area contributed by atoms with Crippen molar-refractivity contribution >= 4 is 18.1 Å². The van der Waals surface area contributed by atoms with Gasteiger partial charge in [-0.05, 0) is 37.1 Å². The van der Waals surface area contributed by atoms with Crippen molar-refractivity contribution in [2.45, 2.75) is 38.1 Å². The van der Waals surface area contributed by atoms with Crippen LogP contribution in [0.5, 0.6) is 5.75 Å². The SMILES string of the molecule is Cl.Oc1ccc(NC2CCCCC2)cc1. The number of hydrogen-bond donors (Lipinski definition) is 2. The first-order valence-electron chi connectivity index (χ1n) is 5.40. The molecule has 1 aromatic rings. The Labute approximate surface area is 97.1 Å². The highest BCUT2D eigenvalue weighted by atomic mass is 35.5. The van der Waals surface area contributed by atoms with Crippen molar-refractivity contribution in [3.8, 4) is 5.75 Å². The Hall–Kier alpha value is -0.890. The minimum Gasteiger partial charge on any atom is -0.508 e. The second-order valence-electron chi connectivity index (χ2n) is 4.03. The predicted octanol–water partition coefficient (Wildman–Crippen LogP) is 3.56. The third-order valence-corrected chi connectivity index (χ3v) is 2.84. The van der Waals surface area contributed by atoms with Gasteiger partial charge < -0.3 is 10.4 Å². The van der Waals surface area contributed by atoms with Gasteiger partial charge in [0, 0.05) is 11.7 Å². The molecular formula is C12H18ClNO. The van der Waals surface area contributed by atoms with Gasteiger partial charge in [0.2, 0.25) is 0 Å². The molecule has 1 aliphatic rings. The molecule has 0 amide bonds. The second-order valence-corrected chi connectivity index (χ2v) is 4.03. The van der Waals surface area contributed by atoms with E-state index in [0.29, 0.717) is 11.8 Å². The van der Waals surface area contributed by atoms with E-state index in [-0.39, 0.29) is 12.4 Å². The van der Waals surface area contributed by atoms with Crippen molar-refractivity contribution in [3.05, 3.63) is 24.3 Å². The lowest BCUT2D eigenvalue weighted by atomic mass is 9.95. The van der Waals surface area contributed by atoms with Crippen LogP contribution in [-0.2, 0) is 0 Å². The summed E-state index contributed by atoms with van der Waals surface area (Å²) in [5.41, 5.74) is 1.12. The molecule has 2 nitrogen and oxygen atoms in total. The van der Waals surface area contributed by atoms with Gasteiger partial charge in [0.15, 0.2) is 0 Å². The molecule has 0 atom stereocenters. The maximum Gasteiger partial charge on any atom is 0.115 e. The largest absolute Gasteiger partial charge is 0.508 e. The van der Waals surface area contributed by atoms with Crippen LogP contribution < -0.4 is 5.32 Å². The van der Waals surface area contributed by atoms with Gasteiger partial charge in [0.05, 0.1) is 0 Å². The molecule has 15 heavy (non-hydrogen) atoms. The Kier molecular flexibility index (Phi) is 4.76. The first-order chi connectivity index (χ1) is 6.84. The summed E-state index contributed by atoms with van der Waals surface area (Å²) in [6.07, 6.45) is 6.63. The fourth-order valence-corrected chi connectivity index (χ4v) is 2.04. The van der Waals surface area contributed by atoms with E-state index in [2.05, 4.69) is 5.32 Å². The molecule has 1 aliphatic carbocycles. The van der Waals surface area contributed by atoms with Gasteiger partial charge in [0.1, 0.15) is 5.75 Å². The average Bonchev–Trinajstić information content (AvgIpc) is 2.23. The zero-order chi connectivity index (χ0) is 9.80. The minimum atomic E-state index is 0. The van der Waals surface area contributed by atoms with Crippen LogP contribution in [0.25, 0.3) is 0 Å². The van der Waals surface area contributed by atoms with Gasteiger partial charge in [-0.3, -0.25) is 0 Å². The first-order valence-corrected chi connectivity index (χ1v) is 5.40. The maximum absolute atomic E-state index is 9.13.